The van der Waals surface area contributed by atoms with Crippen molar-refractivity contribution >= 4 is 23.6 Å². The summed E-state index contributed by atoms with van der Waals surface area (Å²) in [6.07, 6.45) is 6.98. The van der Waals surface area contributed by atoms with Gasteiger partial charge in [-0.05, 0) is 78.0 Å². The molecule has 4 fully saturated rings. The van der Waals surface area contributed by atoms with E-state index in [4.69, 9.17) is 16.3 Å². The van der Waals surface area contributed by atoms with E-state index in [1.165, 1.54) is 12.7 Å². The third-order valence-electron chi connectivity index (χ3n) is 9.48. The zero-order valence-corrected chi connectivity index (χ0v) is 22.9. The Hall–Kier alpha value is -2.01. The molecule has 4 saturated carbocycles. The third-order valence-corrected chi connectivity index (χ3v) is 9.83. The number of urea groups is 1. The maximum absolute atomic E-state index is 13.6. The highest BCUT2D eigenvalue weighted by Gasteiger charge is 2.76. The molecule has 1 N–H and O–H groups in total. The fourth-order valence-electron chi connectivity index (χ4n) is 7.15. The lowest BCUT2D eigenvalue weighted by Gasteiger charge is -2.71. The van der Waals surface area contributed by atoms with Crippen molar-refractivity contribution < 1.29 is 14.3 Å². The van der Waals surface area contributed by atoms with Crippen molar-refractivity contribution in [1.82, 2.24) is 10.2 Å². The first-order valence-corrected chi connectivity index (χ1v) is 13.3. The fraction of sp³-hybridized carbons (Fsp3) is 0.655. The summed E-state index contributed by atoms with van der Waals surface area (Å²) in [5.41, 5.74) is 2.49. The van der Waals surface area contributed by atoms with E-state index in [2.05, 4.69) is 71.3 Å². The van der Waals surface area contributed by atoms with E-state index in [-0.39, 0.29) is 39.7 Å². The predicted octanol–water partition coefficient (Wildman–Crippen LogP) is 6.58. The van der Waals surface area contributed by atoms with Crippen molar-refractivity contribution in [2.45, 2.75) is 91.1 Å². The van der Waals surface area contributed by atoms with Crippen molar-refractivity contribution in [1.29, 1.82) is 0 Å². The zero-order valence-electron chi connectivity index (χ0n) is 22.2. The van der Waals surface area contributed by atoms with Crippen molar-refractivity contribution in [3.8, 4) is 0 Å². The van der Waals surface area contributed by atoms with E-state index in [9.17, 15) is 9.59 Å². The van der Waals surface area contributed by atoms with Crippen LogP contribution in [0.15, 0.2) is 30.0 Å². The summed E-state index contributed by atoms with van der Waals surface area (Å²) < 4.78 is 5.01. The van der Waals surface area contributed by atoms with Crippen LogP contribution in [0.5, 0.6) is 0 Å². The smallest absolute Gasteiger partial charge is 0.322 e. The molecular formula is C29H39ClN2O3. The van der Waals surface area contributed by atoms with Crippen LogP contribution >= 0.6 is 11.6 Å². The Kier molecular flexibility index (Phi) is 5.29. The number of benzene rings is 1. The number of carbonyl (C=O) groups excluding carboxylic acids is 2. The lowest BCUT2D eigenvalue weighted by Crippen LogP contribution is -2.78. The molecule has 35 heavy (non-hydrogen) atoms. The summed E-state index contributed by atoms with van der Waals surface area (Å²) in [5, 5.41) is 4.22. The van der Waals surface area contributed by atoms with E-state index >= 15 is 0 Å². The van der Waals surface area contributed by atoms with Gasteiger partial charge >= 0.3 is 12.0 Å². The summed E-state index contributed by atoms with van der Waals surface area (Å²) >= 11 is 6.82. The van der Waals surface area contributed by atoms with Crippen molar-refractivity contribution in [3.63, 3.8) is 0 Å². The Bertz CT molecular complexity index is 1110. The Morgan fingerprint density at radius 1 is 1.20 bits per heavy atom. The molecule has 1 aromatic carbocycles. The number of esters is 1. The van der Waals surface area contributed by atoms with Gasteiger partial charge in [0.05, 0.1) is 23.6 Å². The van der Waals surface area contributed by atoms with Gasteiger partial charge in [-0.1, -0.05) is 65.3 Å². The minimum Gasteiger partial charge on any atom is -0.469 e. The van der Waals surface area contributed by atoms with Crippen LogP contribution in [0.2, 0.25) is 5.02 Å². The van der Waals surface area contributed by atoms with Gasteiger partial charge in [0.2, 0.25) is 0 Å². The lowest BCUT2D eigenvalue weighted by atomic mass is 9.38. The zero-order chi connectivity index (χ0) is 25.6. The molecule has 6 heteroatoms. The number of hydrogen-bond donors (Lipinski definition) is 1. The van der Waals surface area contributed by atoms with Gasteiger partial charge in [-0.3, -0.25) is 9.69 Å². The highest BCUT2D eigenvalue weighted by atomic mass is 35.5. The molecule has 1 heterocycles. The predicted molar refractivity (Wildman–Crippen MR) is 138 cm³/mol. The SMILES string of the molecule is COC(=O)C12CC(N3C=C4C(C)C(C)(C)C[C@@]4(c4ccc(CCC(C)(C)C)c(Cl)c4)NC3=O)(C1)C2. The molecule has 0 saturated heterocycles. The van der Waals surface area contributed by atoms with E-state index < -0.39 is 5.54 Å². The van der Waals surface area contributed by atoms with Crippen LogP contribution in [0.25, 0.3) is 0 Å². The second kappa shape index (κ2) is 7.50. The topological polar surface area (TPSA) is 58.6 Å². The van der Waals surface area contributed by atoms with Gasteiger partial charge in [-0.25, -0.2) is 4.79 Å². The molecule has 0 radical (unpaired) electrons. The number of methoxy groups -OCH3 is 1. The van der Waals surface area contributed by atoms with Crippen LogP contribution in [0.4, 0.5) is 4.79 Å². The Morgan fingerprint density at radius 2 is 1.86 bits per heavy atom. The van der Waals surface area contributed by atoms with E-state index in [1.807, 2.05) is 4.90 Å². The number of hydrogen-bond acceptors (Lipinski definition) is 3. The average molecular weight is 499 g/mol. The van der Waals surface area contributed by atoms with Crippen LogP contribution in [-0.2, 0) is 21.5 Å². The Balaban J connectivity index is 1.48. The number of ether oxygens (including phenoxy) is 1. The van der Waals surface area contributed by atoms with Gasteiger partial charge in [-0.15, -0.1) is 0 Å². The quantitative estimate of drug-likeness (QED) is 0.466. The van der Waals surface area contributed by atoms with E-state index in [0.717, 1.165) is 35.4 Å². The molecule has 2 atom stereocenters. The molecule has 1 aromatic rings. The maximum atomic E-state index is 13.6. The molecule has 2 bridgehead atoms. The highest BCUT2D eigenvalue weighted by molar-refractivity contribution is 6.31. The number of aryl methyl sites for hydroxylation is 1. The van der Waals surface area contributed by atoms with Crippen LogP contribution in [0, 0.1) is 22.2 Å². The molecule has 0 spiro atoms. The molecule has 2 amide bonds. The van der Waals surface area contributed by atoms with Crippen LogP contribution in [-0.4, -0.2) is 29.5 Å². The lowest BCUT2D eigenvalue weighted by molar-refractivity contribution is -0.218. The average Bonchev–Trinajstić information content (AvgIpc) is 2.90. The number of rotatable bonds is 5. The van der Waals surface area contributed by atoms with Gasteiger partial charge in [0.1, 0.15) is 0 Å². The second-order valence-corrected chi connectivity index (χ2v) is 14.0. The molecule has 1 unspecified atom stereocenters. The summed E-state index contributed by atoms with van der Waals surface area (Å²) in [4.78, 5) is 27.7. The molecular weight excluding hydrogens is 460 g/mol. The molecule has 5 aliphatic rings. The first kappa shape index (κ1) is 24.7. The minimum absolute atomic E-state index is 0.0131. The number of fused-ring (bicyclic) bond motifs is 1. The minimum atomic E-state index is -0.563. The first-order chi connectivity index (χ1) is 16.2. The Morgan fingerprint density at radius 3 is 2.43 bits per heavy atom. The number of carbonyl (C=O) groups is 2. The van der Waals surface area contributed by atoms with Gasteiger partial charge in [-0.2, -0.15) is 0 Å². The molecule has 4 aliphatic carbocycles. The Labute approximate surface area is 214 Å². The van der Waals surface area contributed by atoms with Crippen molar-refractivity contribution in [2.24, 2.45) is 22.2 Å². The summed E-state index contributed by atoms with van der Waals surface area (Å²) in [6.45, 7) is 13.6. The summed E-state index contributed by atoms with van der Waals surface area (Å²) in [6, 6.07) is 6.30. The highest BCUT2D eigenvalue weighted by Crippen LogP contribution is 2.71. The fourth-order valence-corrected chi connectivity index (χ4v) is 7.42. The summed E-state index contributed by atoms with van der Waals surface area (Å²) in [7, 11) is 1.45. The van der Waals surface area contributed by atoms with Gasteiger partial charge in [0.15, 0.2) is 0 Å². The standard InChI is InChI=1S/C29H39ClN2O3/c1-18-21-13-32(28-15-27(16-28,17-28)23(33)35-7)24(34)31-29(21,14-26(18,5)6)20-9-8-19(22(30)12-20)10-11-25(2,3)4/h8-9,12-13,18H,10-11,14-17H2,1-7H3,(H,31,34)/t18?,27?,28?,29-/m0/s1. The third kappa shape index (κ3) is 3.55. The van der Waals surface area contributed by atoms with Gasteiger partial charge in [0.25, 0.3) is 0 Å². The monoisotopic (exact) mass is 498 g/mol. The number of nitrogens with zero attached hydrogens (tertiary/aromatic N) is 1. The molecule has 190 valence electrons. The van der Waals surface area contributed by atoms with Gasteiger partial charge in [0, 0.05) is 11.2 Å². The molecule has 1 aliphatic heterocycles. The normalized spacial score (nSPS) is 34.9. The number of amides is 2. The summed E-state index contributed by atoms with van der Waals surface area (Å²) in [5.74, 6) is 0.141. The molecule has 6 rings (SSSR count). The van der Waals surface area contributed by atoms with Crippen LogP contribution < -0.4 is 5.32 Å². The molecule has 5 nitrogen and oxygen atoms in total. The molecule has 0 aromatic heterocycles. The number of halogens is 1. The second-order valence-electron chi connectivity index (χ2n) is 13.6. The number of nitrogens with one attached hydrogen (secondary N) is 1. The van der Waals surface area contributed by atoms with Crippen LogP contribution in [0.3, 0.4) is 0 Å². The maximum Gasteiger partial charge on any atom is 0.322 e. The van der Waals surface area contributed by atoms with Crippen molar-refractivity contribution in [3.05, 3.63) is 46.1 Å². The first-order valence-electron chi connectivity index (χ1n) is 12.9. The van der Waals surface area contributed by atoms with E-state index in [1.54, 1.807) is 0 Å². The largest absolute Gasteiger partial charge is 0.469 e. The van der Waals surface area contributed by atoms with E-state index in [0.29, 0.717) is 19.3 Å². The van der Waals surface area contributed by atoms with Crippen molar-refractivity contribution in [2.75, 3.05) is 7.11 Å². The van der Waals surface area contributed by atoms with Crippen LogP contribution in [0.1, 0.15) is 84.8 Å². The van der Waals surface area contributed by atoms with Gasteiger partial charge < -0.3 is 10.1 Å².